The van der Waals surface area contributed by atoms with Gasteiger partial charge in [-0.3, -0.25) is 10.1 Å². The average molecular weight is 366 g/mol. The number of carbonyl (C=O) groups is 1. The van der Waals surface area contributed by atoms with Gasteiger partial charge in [-0.2, -0.15) is 0 Å². The molecule has 134 valence electrons. The Hall–Kier alpha value is -2.66. The van der Waals surface area contributed by atoms with E-state index in [0.29, 0.717) is 17.3 Å². The zero-order chi connectivity index (χ0) is 18.4. The van der Waals surface area contributed by atoms with Crippen molar-refractivity contribution in [3.05, 3.63) is 65.0 Å². The molecule has 0 bridgehead atoms. The Kier molecular flexibility index (Phi) is 6.02. The van der Waals surface area contributed by atoms with E-state index in [2.05, 4.69) is 24.1 Å². The van der Waals surface area contributed by atoms with Crippen LogP contribution in [0, 0.1) is 0 Å². The van der Waals surface area contributed by atoms with E-state index in [-0.39, 0.29) is 5.91 Å². The van der Waals surface area contributed by atoms with Crippen molar-refractivity contribution in [1.82, 2.24) is 4.98 Å². The summed E-state index contributed by atoms with van der Waals surface area (Å²) >= 11 is 1.52. The molecule has 0 aliphatic carbocycles. The van der Waals surface area contributed by atoms with E-state index in [1.807, 2.05) is 42.5 Å². The molecule has 0 saturated carbocycles. The van der Waals surface area contributed by atoms with Gasteiger partial charge >= 0.3 is 0 Å². The van der Waals surface area contributed by atoms with Gasteiger partial charge in [-0.15, -0.1) is 11.3 Å². The highest BCUT2D eigenvalue weighted by Gasteiger charge is 2.14. The molecule has 0 atom stereocenters. The fraction of sp³-hybridized carbons (Fsp3) is 0.238. The molecule has 0 aliphatic heterocycles. The zero-order valence-corrected chi connectivity index (χ0v) is 15.8. The van der Waals surface area contributed by atoms with Crippen LogP contribution in [0.3, 0.4) is 0 Å². The third-order valence-electron chi connectivity index (χ3n) is 3.88. The molecule has 0 saturated heterocycles. The molecule has 26 heavy (non-hydrogen) atoms. The molecule has 0 spiro atoms. The number of ether oxygens (including phenoxy) is 1. The van der Waals surface area contributed by atoms with Crippen molar-refractivity contribution >= 4 is 22.4 Å². The standard InChI is InChI=1S/C21H22N2O2S/c1-3-14-25-17-12-10-16(11-13-17)20(24)23-21-22-19(18(4-2)26-21)15-8-6-5-7-9-15/h5-13H,3-4,14H2,1-2H3,(H,22,23,24). The molecule has 5 heteroatoms. The number of carbonyl (C=O) groups excluding carboxylic acids is 1. The fourth-order valence-corrected chi connectivity index (χ4v) is 3.48. The molecule has 3 aromatic rings. The van der Waals surface area contributed by atoms with Crippen LogP contribution < -0.4 is 10.1 Å². The second-order valence-corrected chi connectivity index (χ2v) is 6.92. The average Bonchev–Trinajstić information content (AvgIpc) is 3.10. The third-order valence-corrected chi connectivity index (χ3v) is 4.99. The smallest absolute Gasteiger partial charge is 0.257 e. The maximum atomic E-state index is 12.5. The molecule has 3 rings (SSSR count). The summed E-state index contributed by atoms with van der Waals surface area (Å²) in [6.07, 6.45) is 1.83. The lowest BCUT2D eigenvalue weighted by atomic mass is 10.1. The minimum absolute atomic E-state index is 0.164. The third kappa shape index (κ3) is 4.29. The van der Waals surface area contributed by atoms with E-state index in [9.17, 15) is 4.79 Å². The minimum atomic E-state index is -0.164. The molecular formula is C21H22N2O2S. The molecule has 1 heterocycles. The van der Waals surface area contributed by atoms with Crippen LogP contribution in [-0.4, -0.2) is 17.5 Å². The summed E-state index contributed by atoms with van der Waals surface area (Å²) in [6.45, 7) is 4.83. The van der Waals surface area contributed by atoms with Gasteiger partial charge in [-0.1, -0.05) is 44.2 Å². The van der Waals surface area contributed by atoms with Gasteiger partial charge in [0, 0.05) is 16.0 Å². The molecule has 2 aromatic carbocycles. The highest BCUT2D eigenvalue weighted by Crippen LogP contribution is 2.31. The Morgan fingerprint density at radius 1 is 1.08 bits per heavy atom. The number of rotatable bonds is 7. The summed E-state index contributed by atoms with van der Waals surface area (Å²) in [5.74, 6) is 0.611. The van der Waals surface area contributed by atoms with Crippen LogP contribution in [0.2, 0.25) is 0 Å². The predicted octanol–water partition coefficient (Wildman–Crippen LogP) is 5.41. The summed E-state index contributed by atoms with van der Waals surface area (Å²) in [6, 6.07) is 17.2. The lowest BCUT2D eigenvalue weighted by Gasteiger charge is -2.05. The zero-order valence-electron chi connectivity index (χ0n) is 15.0. The van der Waals surface area contributed by atoms with Crippen molar-refractivity contribution in [2.75, 3.05) is 11.9 Å². The van der Waals surface area contributed by atoms with Crippen molar-refractivity contribution in [2.45, 2.75) is 26.7 Å². The lowest BCUT2D eigenvalue weighted by molar-refractivity contribution is 0.102. The molecule has 0 aliphatic rings. The maximum absolute atomic E-state index is 12.5. The van der Waals surface area contributed by atoms with E-state index in [0.717, 1.165) is 34.7 Å². The summed E-state index contributed by atoms with van der Waals surface area (Å²) < 4.78 is 5.55. The van der Waals surface area contributed by atoms with Crippen LogP contribution in [0.15, 0.2) is 54.6 Å². The number of hydrogen-bond donors (Lipinski definition) is 1. The number of thiazole rings is 1. The Morgan fingerprint density at radius 2 is 1.81 bits per heavy atom. The maximum Gasteiger partial charge on any atom is 0.257 e. The predicted molar refractivity (Wildman–Crippen MR) is 107 cm³/mol. The number of nitrogens with one attached hydrogen (secondary N) is 1. The van der Waals surface area contributed by atoms with Gasteiger partial charge in [0.2, 0.25) is 0 Å². The first-order chi connectivity index (χ1) is 12.7. The second-order valence-electron chi connectivity index (χ2n) is 5.84. The Bertz CT molecular complexity index is 857. The number of nitrogens with zero attached hydrogens (tertiary/aromatic N) is 1. The van der Waals surface area contributed by atoms with Crippen LogP contribution in [-0.2, 0) is 6.42 Å². The highest BCUT2D eigenvalue weighted by atomic mass is 32.1. The van der Waals surface area contributed by atoms with E-state index < -0.39 is 0 Å². The number of benzene rings is 2. The normalized spacial score (nSPS) is 10.5. The van der Waals surface area contributed by atoms with Crippen LogP contribution in [0.25, 0.3) is 11.3 Å². The van der Waals surface area contributed by atoms with Crippen LogP contribution in [0.5, 0.6) is 5.75 Å². The first-order valence-electron chi connectivity index (χ1n) is 8.80. The molecule has 1 amide bonds. The van der Waals surface area contributed by atoms with Gasteiger partial charge in [0.05, 0.1) is 12.3 Å². The van der Waals surface area contributed by atoms with Gasteiger partial charge in [0.25, 0.3) is 5.91 Å². The number of aromatic nitrogens is 1. The van der Waals surface area contributed by atoms with Crippen molar-refractivity contribution in [3.63, 3.8) is 0 Å². The monoisotopic (exact) mass is 366 g/mol. The van der Waals surface area contributed by atoms with Crippen LogP contribution in [0.4, 0.5) is 5.13 Å². The SMILES string of the molecule is CCCOc1ccc(C(=O)Nc2nc(-c3ccccc3)c(CC)s2)cc1. The van der Waals surface area contributed by atoms with Gasteiger partial charge < -0.3 is 4.74 Å². The number of anilines is 1. The molecular weight excluding hydrogens is 344 g/mol. The Labute approximate surface area is 157 Å². The molecule has 0 fully saturated rings. The van der Waals surface area contributed by atoms with E-state index in [1.165, 1.54) is 11.3 Å². The lowest BCUT2D eigenvalue weighted by Crippen LogP contribution is -2.11. The van der Waals surface area contributed by atoms with Crippen molar-refractivity contribution < 1.29 is 9.53 Å². The first-order valence-corrected chi connectivity index (χ1v) is 9.62. The van der Waals surface area contributed by atoms with Crippen molar-refractivity contribution in [3.8, 4) is 17.0 Å². The quantitative estimate of drug-likeness (QED) is 0.608. The summed E-state index contributed by atoms with van der Waals surface area (Å²) in [4.78, 5) is 18.3. The summed E-state index contributed by atoms with van der Waals surface area (Å²) in [5.41, 5.74) is 2.60. The van der Waals surface area contributed by atoms with Crippen LogP contribution in [0.1, 0.15) is 35.5 Å². The van der Waals surface area contributed by atoms with Crippen molar-refractivity contribution in [1.29, 1.82) is 0 Å². The highest BCUT2D eigenvalue weighted by molar-refractivity contribution is 7.16. The molecule has 4 nitrogen and oxygen atoms in total. The second kappa shape index (κ2) is 8.63. The summed E-state index contributed by atoms with van der Waals surface area (Å²) in [7, 11) is 0. The Balaban J connectivity index is 1.74. The first kappa shape index (κ1) is 18.1. The van der Waals surface area contributed by atoms with E-state index in [1.54, 1.807) is 12.1 Å². The van der Waals surface area contributed by atoms with Gasteiger partial charge in [0.15, 0.2) is 5.13 Å². The topological polar surface area (TPSA) is 51.2 Å². The summed E-state index contributed by atoms with van der Waals surface area (Å²) in [5, 5.41) is 3.54. The minimum Gasteiger partial charge on any atom is -0.494 e. The largest absolute Gasteiger partial charge is 0.494 e. The Morgan fingerprint density at radius 3 is 2.46 bits per heavy atom. The van der Waals surface area contributed by atoms with Crippen LogP contribution >= 0.6 is 11.3 Å². The fourth-order valence-electron chi connectivity index (χ4n) is 2.56. The van der Waals surface area contributed by atoms with E-state index >= 15 is 0 Å². The van der Waals surface area contributed by atoms with Gasteiger partial charge in [-0.25, -0.2) is 4.98 Å². The molecule has 1 N–H and O–H groups in total. The molecule has 0 unspecified atom stereocenters. The number of amides is 1. The molecule has 0 radical (unpaired) electrons. The van der Waals surface area contributed by atoms with Gasteiger partial charge in [-0.05, 0) is 37.1 Å². The van der Waals surface area contributed by atoms with Gasteiger partial charge in [0.1, 0.15) is 5.75 Å². The van der Waals surface area contributed by atoms with E-state index in [4.69, 9.17) is 4.74 Å². The number of hydrogen-bond acceptors (Lipinski definition) is 4. The van der Waals surface area contributed by atoms with Crippen molar-refractivity contribution in [2.24, 2.45) is 0 Å². The molecule has 1 aromatic heterocycles. The number of aryl methyl sites for hydroxylation is 1.